The maximum atomic E-state index is 13.1. The fourth-order valence-corrected chi connectivity index (χ4v) is 4.19. The van der Waals surface area contributed by atoms with Crippen molar-refractivity contribution in [2.24, 2.45) is 0 Å². The van der Waals surface area contributed by atoms with E-state index in [9.17, 15) is 9.59 Å². The number of ether oxygens (including phenoxy) is 1. The second-order valence-corrected chi connectivity index (χ2v) is 7.47. The topological polar surface area (TPSA) is 59.8 Å². The van der Waals surface area contributed by atoms with Gasteiger partial charge < -0.3 is 14.1 Å². The number of fused-ring (bicyclic) bond motifs is 1. The zero-order chi connectivity index (χ0) is 19.5. The standard InChI is InChI=1S/C22H19NO4S/c1-26-22(25)16-7-8-19-15(13-16)9-11-23(19)21(24)20-17(10-12-27-20)14-28-18-5-3-2-4-6-18/h2-8,10,12-13H,9,11,14H2,1H3. The van der Waals surface area contributed by atoms with Gasteiger partial charge in [-0.3, -0.25) is 4.79 Å². The molecule has 5 nitrogen and oxygen atoms in total. The van der Waals surface area contributed by atoms with E-state index in [4.69, 9.17) is 9.15 Å². The second-order valence-electron chi connectivity index (χ2n) is 6.42. The molecule has 1 aliphatic heterocycles. The molecule has 0 bridgehead atoms. The van der Waals surface area contributed by atoms with Crippen LogP contribution in [0.4, 0.5) is 5.69 Å². The number of anilines is 1. The average molecular weight is 393 g/mol. The third-order valence-electron chi connectivity index (χ3n) is 4.72. The van der Waals surface area contributed by atoms with Crippen molar-refractivity contribution in [3.8, 4) is 0 Å². The zero-order valence-electron chi connectivity index (χ0n) is 15.4. The first-order chi connectivity index (χ1) is 13.7. The van der Waals surface area contributed by atoms with Gasteiger partial charge in [0.15, 0.2) is 5.76 Å². The monoisotopic (exact) mass is 393 g/mol. The summed E-state index contributed by atoms with van der Waals surface area (Å²) in [5, 5.41) is 0. The van der Waals surface area contributed by atoms with Crippen LogP contribution in [0, 0.1) is 0 Å². The molecule has 0 spiro atoms. The number of nitrogens with zero attached hydrogens (tertiary/aromatic N) is 1. The summed E-state index contributed by atoms with van der Waals surface area (Å²) in [5.41, 5.74) is 3.14. The average Bonchev–Trinajstić information content (AvgIpc) is 3.38. The Morgan fingerprint density at radius 1 is 1.14 bits per heavy atom. The van der Waals surface area contributed by atoms with E-state index >= 15 is 0 Å². The Bertz CT molecular complexity index is 1010. The fraction of sp³-hybridized carbons (Fsp3) is 0.182. The number of hydrogen-bond donors (Lipinski definition) is 0. The highest BCUT2D eigenvalue weighted by Gasteiger charge is 2.29. The third-order valence-corrected chi connectivity index (χ3v) is 5.78. The molecule has 0 radical (unpaired) electrons. The molecule has 1 aromatic heterocycles. The van der Waals surface area contributed by atoms with Crippen molar-refractivity contribution in [3.63, 3.8) is 0 Å². The van der Waals surface area contributed by atoms with Crippen LogP contribution in [0.1, 0.15) is 32.0 Å². The van der Waals surface area contributed by atoms with E-state index in [2.05, 4.69) is 0 Å². The van der Waals surface area contributed by atoms with E-state index in [1.807, 2.05) is 36.4 Å². The van der Waals surface area contributed by atoms with Crippen LogP contribution in [-0.4, -0.2) is 25.5 Å². The summed E-state index contributed by atoms with van der Waals surface area (Å²) in [6.45, 7) is 0.560. The first kappa shape index (κ1) is 18.4. The van der Waals surface area contributed by atoms with Crippen LogP contribution in [0.25, 0.3) is 0 Å². The summed E-state index contributed by atoms with van der Waals surface area (Å²) < 4.78 is 10.3. The lowest BCUT2D eigenvalue weighted by Crippen LogP contribution is -2.29. The Morgan fingerprint density at radius 3 is 2.75 bits per heavy atom. The molecule has 28 heavy (non-hydrogen) atoms. The lowest BCUT2D eigenvalue weighted by atomic mass is 10.1. The fourth-order valence-electron chi connectivity index (χ4n) is 3.29. The Balaban J connectivity index is 1.53. The van der Waals surface area contributed by atoms with Gasteiger partial charge in [-0.2, -0.15) is 0 Å². The van der Waals surface area contributed by atoms with Gasteiger partial charge in [-0.05, 0) is 48.4 Å². The number of rotatable bonds is 5. The van der Waals surface area contributed by atoms with Gasteiger partial charge in [0.25, 0.3) is 5.91 Å². The summed E-state index contributed by atoms with van der Waals surface area (Å²) >= 11 is 1.66. The van der Waals surface area contributed by atoms with Crippen molar-refractivity contribution in [2.45, 2.75) is 17.1 Å². The Kier molecular flexibility index (Phi) is 5.21. The second kappa shape index (κ2) is 7.94. The third kappa shape index (κ3) is 3.55. The van der Waals surface area contributed by atoms with Crippen LogP contribution < -0.4 is 4.90 Å². The van der Waals surface area contributed by atoms with Crippen LogP contribution in [-0.2, 0) is 16.9 Å². The quantitative estimate of drug-likeness (QED) is 0.470. The molecule has 0 atom stereocenters. The van der Waals surface area contributed by atoms with Gasteiger partial charge in [-0.25, -0.2) is 4.79 Å². The number of thioether (sulfide) groups is 1. The molecule has 4 rings (SSSR count). The summed E-state index contributed by atoms with van der Waals surface area (Å²) in [5.74, 6) is 0.495. The molecule has 0 fully saturated rings. The van der Waals surface area contributed by atoms with E-state index in [1.165, 1.54) is 7.11 Å². The van der Waals surface area contributed by atoms with Crippen LogP contribution in [0.3, 0.4) is 0 Å². The first-order valence-corrected chi connectivity index (χ1v) is 9.93. The first-order valence-electron chi connectivity index (χ1n) is 8.94. The molecule has 1 aliphatic rings. The van der Waals surface area contributed by atoms with E-state index in [1.54, 1.807) is 41.1 Å². The van der Waals surface area contributed by atoms with E-state index in [0.29, 0.717) is 30.0 Å². The van der Waals surface area contributed by atoms with E-state index in [-0.39, 0.29) is 11.9 Å². The van der Waals surface area contributed by atoms with Crippen molar-refractivity contribution in [1.29, 1.82) is 0 Å². The number of benzene rings is 2. The summed E-state index contributed by atoms with van der Waals surface area (Å²) in [6.07, 6.45) is 2.26. The van der Waals surface area contributed by atoms with Crippen molar-refractivity contribution < 1.29 is 18.7 Å². The van der Waals surface area contributed by atoms with Crippen molar-refractivity contribution >= 4 is 29.3 Å². The van der Waals surface area contributed by atoms with Gasteiger partial charge in [-0.15, -0.1) is 11.8 Å². The number of esters is 1. The van der Waals surface area contributed by atoms with Crippen LogP contribution in [0.2, 0.25) is 0 Å². The molecule has 0 N–H and O–H groups in total. The highest BCUT2D eigenvalue weighted by Crippen LogP contribution is 2.32. The van der Waals surface area contributed by atoms with Crippen LogP contribution in [0.5, 0.6) is 0 Å². The highest BCUT2D eigenvalue weighted by atomic mass is 32.2. The van der Waals surface area contributed by atoms with Gasteiger partial charge in [0, 0.05) is 28.4 Å². The number of hydrogen-bond acceptors (Lipinski definition) is 5. The minimum atomic E-state index is -0.376. The SMILES string of the molecule is COC(=O)c1ccc2c(c1)CCN2C(=O)c1occc1CSc1ccccc1. The van der Waals surface area contributed by atoms with Gasteiger partial charge in [0.1, 0.15) is 0 Å². The molecule has 6 heteroatoms. The van der Waals surface area contributed by atoms with Gasteiger partial charge in [-0.1, -0.05) is 18.2 Å². The molecule has 0 saturated heterocycles. The van der Waals surface area contributed by atoms with Gasteiger partial charge >= 0.3 is 5.97 Å². The number of carbonyl (C=O) groups excluding carboxylic acids is 2. The number of furan rings is 1. The lowest BCUT2D eigenvalue weighted by Gasteiger charge is -2.17. The number of methoxy groups -OCH3 is 1. The summed E-state index contributed by atoms with van der Waals surface area (Å²) in [4.78, 5) is 27.7. The minimum Gasteiger partial charge on any atom is -0.465 e. The predicted molar refractivity (Wildman–Crippen MR) is 108 cm³/mol. The smallest absolute Gasteiger partial charge is 0.337 e. The molecular formula is C22H19NO4S. The molecule has 2 aromatic carbocycles. The molecule has 3 aromatic rings. The van der Waals surface area contributed by atoms with Crippen molar-refractivity contribution in [1.82, 2.24) is 0 Å². The highest BCUT2D eigenvalue weighted by molar-refractivity contribution is 7.98. The van der Waals surface area contributed by atoms with E-state index in [0.717, 1.165) is 21.7 Å². The zero-order valence-corrected chi connectivity index (χ0v) is 16.2. The van der Waals surface area contributed by atoms with Crippen molar-refractivity contribution in [2.75, 3.05) is 18.6 Å². The van der Waals surface area contributed by atoms with Crippen LogP contribution in [0.15, 0.2) is 70.2 Å². The molecular weight excluding hydrogens is 374 g/mol. The Hall–Kier alpha value is -2.99. The van der Waals surface area contributed by atoms with E-state index < -0.39 is 0 Å². The summed E-state index contributed by atoms with van der Waals surface area (Å²) in [6, 6.07) is 17.2. The number of carbonyl (C=O) groups is 2. The van der Waals surface area contributed by atoms with Gasteiger partial charge in [0.05, 0.1) is 18.9 Å². The Morgan fingerprint density at radius 2 is 1.96 bits per heavy atom. The molecule has 1 amide bonds. The molecule has 2 heterocycles. The largest absolute Gasteiger partial charge is 0.465 e. The molecule has 0 unspecified atom stereocenters. The van der Waals surface area contributed by atoms with Crippen LogP contribution >= 0.6 is 11.8 Å². The maximum Gasteiger partial charge on any atom is 0.337 e. The van der Waals surface area contributed by atoms with Crippen molar-refractivity contribution in [3.05, 3.63) is 83.3 Å². The Labute approximate surface area is 167 Å². The molecule has 0 aliphatic carbocycles. The maximum absolute atomic E-state index is 13.1. The molecule has 0 saturated carbocycles. The predicted octanol–water partition coefficient (Wildman–Crippen LogP) is 4.56. The normalized spacial score (nSPS) is 12.7. The molecule has 142 valence electrons. The lowest BCUT2D eigenvalue weighted by molar-refractivity contribution is 0.0600. The number of amides is 1. The van der Waals surface area contributed by atoms with Gasteiger partial charge in [0.2, 0.25) is 0 Å². The minimum absolute atomic E-state index is 0.154. The summed E-state index contributed by atoms with van der Waals surface area (Å²) in [7, 11) is 1.36.